The van der Waals surface area contributed by atoms with Gasteiger partial charge in [-0.3, -0.25) is 4.98 Å². The van der Waals surface area contributed by atoms with Gasteiger partial charge in [0.05, 0.1) is 0 Å². The van der Waals surface area contributed by atoms with Gasteiger partial charge >= 0.3 is 0 Å². The molecule has 4 heteroatoms. The molecule has 0 unspecified atom stereocenters. The molecule has 90 valence electrons. The van der Waals surface area contributed by atoms with E-state index in [4.69, 9.17) is 4.74 Å². The van der Waals surface area contributed by atoms with Crippen molar-refractivity contribution in [3.63, 3.8) is 0 Å². The maximum absolute atomic E-state index is 5.00. The topological polar surface area (TPSA) is 37.4 Å². The van der Waals surface area contributed by atoms with Crippen LogP contribution in [0.25, 0.3) is 0 Å². The Morgan fingerprint density at radius 1 is 1.44 bits per heavy atom. The molecule has 0 aliphatic rings. The van der Waals surface area contributed by atoms with Crippen LogP contribution < -0.4 is 10.2 Å². The van der Waals surface area contributed by atoms with Crippen LogP contribution in [-0.4, -0.2) is 39.3 Å². The first-order valence-electron chi connectivity index (χ1n) is 5.55. The van der Waals surface area contributed by atoms with E-state index in [1.807, 2.05) is 32.6 Å². The zero-order valence-corrected chi connectivity index (χ0v) is 10.4. The molecule has 1 rings (SSSR count). The van der Waals surface area contributed by atoms with Crippen LogP contribution in [0.15, 0.2) is 18.5 Å². The largest absolute Gasteiger partial charge is 0.385 e. The van der Waals surface area contributed by atoms with Crippen molar-refractivity contribution in [2.24, 2.45) is 0 Å². The first-order chi connectivity index (χ1) is 7.75. The molecular formula is C12H21N3O. The summed E-state index contributed by atoms with van der Waals surface area (Å²) < 4.78 is 5.00. The molecule has 1 heterocycles. The fourth-order valence-electron chi connectivity index (χ4n) is 1.56. The number of nitrogens with zero attached hydrogens (tertiary/aromatic N) is 2. The molecule has 0 saturated carbocycles. The van der Waals surface area contributed by atoms with Gasteiger partial charge in [-0.1, -0.05) is 0 Å². The molecule has 0 atom stereocenters. The van der Waals surface area contributed by atoms with Gasteiger partial charge < -0.3 is 15.0 Å². The summed E-state index contributed by atoms with van der Waals surface area (Å²) in [5.41, 5.74) is 2.44. The van der Waals surface area contributed by atoms with Crippen molar-refractivity contribution < 1.29 is 4.74 Å². The number of rotatable bonds is 7. The van der Waals surface area contributed by atoms with Crippen LogP contribution >= 0.6 is 0 Å². The van der Waals surface area contributed by atoms with Gasteiger partial charge in [-0.25, -0.2) is 0 Å². The smallest absolute Gasteiger partial charge is 0.0474 e. The summed E-state index contributed by atoms with van der Waals surface area (Å²) in [7, 11) is 5.82. The molecule has 0 aliphatic heterocycles. The summed E-state index contributed by atoms with van der Waals surface area (Å²) >= 11 is 0. The first-order valence-corrected chi connectivity index (χ1v) is 5.55. The van der Waals surface area contributed by atoms with Gasteiger partial charge in [-0.2, -0.15) is 0 Å². The van der Waals surface area contributed by atoms with Gasteiger partial charge in [-0.05, 0) is 19.0 Å². The van der Waals surface area contributed by atoms with Gasteiger partial charge in [0.15, 0.2) is 0 Å². The number of pyridine rings is 1. The second-order valence-electron chi connectivity index (χ2n) is 3.92. The Kier molecular flexibility index (Phi) is 5.82. The van der Waals surface area contributed by atoms with Gasteiger partial charge in [0, 0.05) is 58.0 Å². The Bertz CT molecular complexity index is 302. The second-order valence-corrected chi connectivity index (χ2v) is 3.92. The van der Waals surface area contributed by atoms with Crippen molar-refractivity contribution >= 4 is 5.69 Å². The predicted octanol–water partition coefficient (Wildman–Crippen LogP) is 1.27. The zero-order chi connectivity index (χ0) is 11.8. The summed E-state index contributed by atoms with van der Waals surface area (Å²) in [4.78, 5) is 6.26. The third-order valence-corrected chi connectivity index (χ3v) is 2.38. The van der Waals surface area contributed by atoms with Crippen molar-refractivity contribution in [3.05, 3.63) is 24.0 Å². The summed E-state index contributed by atoms with van der Waals surface area (Å²) in [5, 5.41) is 3.39. The van der Waals surface area contributed by atoms with Gasteiger partial charge in [0.1, 0.15) is 0 Å². The van der Waals surface area contributed by atoms with Crippen LogP contribution in [-0.2, 0) is 11.3 Å². The van der Waals surface area contributed by atoms with Crippen LogP contribution in [0.2, 0.25) is 0 Å². The second kappa shape index (κ2) is 7.19. The van der Waals surface area contributed by atoms with Crippen LogP contribution in [0.5, 0.6) is 0 Å². The fourth-order valence-corrected chi connectivity index (χ4v) is 1.56. The number of nitrogens with one attached hydrogen (secondary N) is 1. The van der Waals surface area contributed by atoms with Gasteiger partial charge in [-0.15, -0.1) is 0 Å². The highest BCUT2D eigenvalue weighted by Gasteiger charge is 2.02. The number of hydrogen-bond donors (Lipinski definition) is 1. The quantitative estimate of drug-likeness (QED) is 0.706. The van der Waals surface area contributed by atoms with Gasteiger partial charge in [0.25, 0.3) is 0 Å². The highest BCUT2D eigenvalue weighted by atomic mass is 16.5. The van der Waals surface area contributed by atoms with Crippen LogP contribution in [0, 0.1) is 0 Å². The predicted molar refractivity (Wildman–Crippen MR) is 66.8 cm³/mol. The number of ether oxygens (including phenoxy) is 1. The van der Waals surface area contributed by atoms with E-state index < -0.39 is 0 Å². The number of aromatic nitrogens is 1. The normalized spacial score (nSPS) is 10.4. The lowest BCUT2D eigenvalue weighted by molar-refractivity contribution is 0.194. The third kappa shape index (κ3) is 4.16. The summed E-state index contributed by atoms with van der Waals surface area (Å²) in [5.74, 6) is 0. The van der Waals surface area contributed by atoms with E-state index in [1.54, 1.807) is 7.11 Å². The minimum atomic E-state index is 0.806. The molecule has 0 radical (unpaired) electrons. The molecule has 0 amide bonds. The molecule has 16 heavy (non-hydrogen) atoms. The standard InChI is InChI=1S/C12H21N3O/c1-15(2)12-5-7-14-10-11(12)9-13-6-4-8-16-3/h5,7,10,13H,4,6,8-9H2,1-3H3. The Labute approximate surface area is 97.6 Å². The Morgan fingerprint density at radius 3 is 2.94 bits per heavy atom. The molecular weight excluding hydrogens is 202 g/mol. The summed E-state index contributed by atoms with van der Waals surface area (Å²) in [6.07, 6.45) is 4.77. The van der Waals surface area contributed by atoms with Crippen LogP contribution in [0.4, 0.5) is 5.69 Å². The van der Waals surface area contributed by atoms with Crippen molar-refractivity contribution in [2.45, 2.75) is 13.0 Å². The highest BCUT2D eigenvalue weighted by Crippen LogP contribution is 2.15. The lowest BCUT2D eigenvalue weighted by Gasteiger charge is -2.17. The maximum Gasteiger partial charge on any atom is 0.0474 e. The molecule has 4 nitrogen and oxygen atoms in total. The van der Waals surface area contributed by atoms with Crippen molar-refractivity contribution in [3.8, 4) is 0 Å². The Balaban J connectivity index is 2.41. The molecule has 0 fully saturated rings. The van der Waals surface area contributed by atoms with E-state index in [0.717, 1.165) is 26.1 Å². The van der Waals surface area contributed by atoms with Crippen LogP contribution in [0.1, 0.15) is 12.0 Å². The van der Waals surface area contributed by atoms with E-state index in [1.165, 1.54) is 11.3 Å². The molecule has 0 saturated heterocycles. The van der Waals surface area contributed by atoms with Crippen LogP contribution in [0.3, 0.4) is 0 Å². The molecule has 0 aromatic carbocycles. The Morgan fingerprint density at radius 2 is 2.25 bits per heavy atom. The molecule has 1 aromatic heterocycles. The maximum atomic E-state index is 5.00. The van der Waals surface area contributed by atoms with Crippen molar-refractivity contribution in [2.75, 3.05) is 39.3 Å². The lowest BCUT2D eigenvalue weighted by atomic mass is 10.2. The van der Waals surface area contributed by atoms with Crippen molar-refractivity contribution in [1.82, 2.24) is 10.3 Å². The molecule has 0 spiro atoms. The average Bonchev–Trinajstić information content (AvgIpc) is 2.29. The molecule has 0 aliphatic carbocycles. The van der Waals surface area contributed by atoms with E-state index in [0.29, 0.717) is 0 Å². The molecule has 1 aromatic rings. The summed E-state index contributed by atoms with van der Waals surface area (Å²) in [6.45, 7) is 2.63. The van der Waals surface area contributed by atoms with E-state index >= 15 is 0 Å². The SMILES string of the molecule is COCCCNCc1cnccc1N(C)C. The van der Waals surface area contributed by atoms with Gasteiger partial charge in [0.2, 0.25) is 0 Å². The molecule has 0 bridgehead atoms. The lowest BCUT2D eigenvalue weighted by Crippen LogP contribution is -2.19. The molecule has 1 N–H and O–H groups in total. The average molecular weight is 223 g/mol. The zero-order valence-electron chi connectivity index (χ0n) is 10.4. The number of hydrogen-bond acceptors (Lipinski definition) is 4. The fraction of sp³-hybridized carbons (Fsp3) is 0.583. The highest BCUT2D eigenvalue weighted by molar-refractivity contribution is 5.50. The Hall–Kier alpha value is -1.13. The minimum absolute atomic E-state index is 0.806. The first kappa shape index (κ1) is 12.9. The van der Waals surface area contributed by atoms with E-state index in [9.17, 15) is 0 Å². The number of methoxy groups -OCH3 is 1. The monoisotopic (exact) mass is 223 g/mol. The van der Waals surface area contributed by atoms with E-state index in [-0.39, 0.29) is 0 Å². The van der Waals surface area contributed by atoms with E-state index in [2.05, 4.69) is 15.2 Å². The minimum Gasteiger partial charge on any atom is -0.385 e. The van der Waals surface area contributed by atoms with Crippen molar-refractivity contribution in [1.29, 1.82) is 0 Å². The third-order valence-electron chi connectivity index (χ3n) is 2.38. The summed E-state index contributed by atoms with van der Waals surface area (Å²) in [6, 6.07) is 2.03. The number of anilines is 1.